The number of rotatable bonds is 3. The maximum Gasteiger partial charge on any atom is 0.227 e. The fourth-order valence-electron chi connectivity index (χ4n) is 4.45. The molecule has 4 aromatic rings. The fraction of sp³-hybridized carbons (Fsp3) is 0.120. The van der Waals surface area contributed by atoms with E-state index < -0.39 is 12.1 Å². The number of nitrogens with one attached hydrogen (secondary N) is 1. The number of fused-ring (bicyclic) bond motifs is 3. The molecule has 33 heavy (non-hydrogen) atoms. The number of aromatic nitrogens is 3. The Kier molecular flexibility index (Phi) is 4.69. The summed E-state index contributed by atoms with van der Waals surface area (Å²) in [6, 6.07) is 19.9. The van der Waals surface area contributed by atoms with E-state index in [2.05, 4.69) is 15.4 Å². The summed E-state index contributed by atoms with van der Waals surface area (Å²) in [5.41, 5.74) is 3.66. The minimum absolute atomic E-state index is 0.334. The average Bonchev–Trinajstić information content (AvgIpc) is 3.26. The summed E-state index contributed by atoms with van der Waals surface area (Å²) in [6.07, 6.45) is 1.31. The molecule has 1 N–H and O–H groups in total. The molecule has 0 unspecified atom stereocenters. The van der Waals surface area contributed by atoms with Gasteiger partial charge in [-0.2, -0.15) is 4.98 Å². The molecule has 2 atom stereocenters. The average molecular weight is 461 g/mol. The number of hydrogen-bond acceptors (Lipinski definition) is 5. The van der Waals surface area contributed by atoms with E-state index in [-0.39, 0.29) is 11.6 Å². The van der Waals surface area contributed by atoms with Crippen LogP contribution in [0.3, 0.4) is 0 Å². The van der Waals surface area contributed by atoms with Crippen molar-refractivity contribution in [1.29, 1.82) is 0 Å². The Morgan fingerprint density at radius 2 is 1.73 bits per heavy atom. The standard InChI is InChI=1S/C25H18F2N4OS/c1-33-25-29-24-28-21-17-7-3-5-9-19(17)32-23(14-10-12-15(26)13-11-14)20(21)22(31(24)30-25)16-6-2-4-8-18(16)27/h2-13,22-23H,1H3,(H,28,29,30)/t22-,23-/m1/s1. The molecule has 8 heteroatoms. The predicted molar refractivity (Wildman–Crippen MR) is 123 cm³/mol. The van der Waals surface area contributed by atoms with Gasteiger partial charge in [0.05, 0.1) is 5.70 Å². The van der Waals surface area contributed by atoms with Crippen LogP contribution in [0.4, 0.5) is 14.7 Å². The number of para-hydroxylation sites is 1. The van der Waals surface area contributed by atoms with E-state index >= 15 is 4.39 Å². The van der Waals surface area contributed by atoms with Crippen molar-refractivity contribution in [3.63, 3.8) is 0 Å². The number of ether oxygens (including phenoxy) is 1. The van der Waals surface area contributed by atoms with Crippen LogP contribution in [0.25, 0.3) is 5.70 Å². The van der Waals surface area contributed by atoms with Gasteiger partial charge in [-0.15, -0.1) is 5.10 Å². The van der Waals surface area contributed by atoms with Crippen LogP contribution >= 0.6 is 11.8 Å². The normalized spacial score (nSPS) is 18.6. The van der Waals surface area contributed by atoms with Crippen molar-refractivity contribution in [3.8, 4) is 5.75 Å². The number of anilines is 1. The minimum Gasteiger partial charge on any atom is -0.480 e. The lowest BCUT2D eigenvalue weighted by molar-refractivity contribution is 0.222. The highest BCUT2D eigenvalue weighted by atomic mass is 32.2. The number of hydrogen-bond donors (Lipinski definition) is 1. The smallest absolute Gasteiger partial charge is 0.227 e. The van der Waals surface area contributed by atoms with Gasteiger partial charge in [0, 0.05) is 16.7 Å². The molecule has 3 heterocycles. The summed E-state index contributed by atoms with van der Waals surface area (Å²) in [7, 11) is 0. The Morgan fingerprint density at radius 3 is 2.52 bits per heavy atom. The van der Waals surface area contributed by atoms with Gasteiger partial charge >= 0.3 is 0 Å². The second-order valence-electron chi connectivity index (χ2n) is 7.79. The van der Waals surface area contributed by atoms with Crippen molar-refractivity contribution in [1.82, 2.24) is 14.8 Å². The molecule has 0 saturated carbocycles. The lowest BCUT2D eigenvalue weighted by Crippen LogP contribution is -2.32. The zero-order valence-electron chi connectivity index (χ0n) is 17.5. The molecule has 164 valence electrons. The van der Waals surface area contributed by atoms with Gasteiger partial charge in [0.2, 0.25) is 11.1 Å². The van der Waals surface area contributed by atoms with Crippen molar-refractivity contribution in [2.45, 2.75) is 17.3 Å². The Bertz CT molecular complexity index is 1400. The molecule has 6 rings (SSSR count). The Hall–Kier alpha value is -3.65. The second-order valence-corrected chi connectivity index (χ2v) is 8.57. The lowest BCUT2D eigenvalue weighted by Gasteiger charge is -2.38. The maximum absolute atomic E-state index is 15.2. The third kappa shape index (κ3) is 3.21. The number of thioether (sulfide) groups is 1. The third-order valence-corrected chi connectivity index (χ3v) is 6.45. The highest BCUT2D eigenvalue weighted by Crippen LogP contribution is 2.51. The predicted octanol–water partition coefficient (Wildman–Crippen LogP) is 5.84. The van der Waals surface area contributed by atoms with E-state index in [0.29, 0.717) is 22.4 Å². The molecule has 0 radical (unpaired) electrons. The van der Waals surface area contributed by atoms with Crippen LogP contribution < -0.4 is 10.1 Å². The van der Waals surface area contributed by atoms with Crippen LogP contribution in [0.5, 0.6) is 5.75 Å². The van der Waals surface area contributed by atoms with Crippen LogP contribution in [0.1, 0.15) is 28.8 Å². The van der Waals surface area contributed by atoms with Gasteiger partial charge in [-0.25, -0.2) is 13.5 Å². The summed E-state index contributed by atoms with van der Waals surface area (Å²) in [4.78, 5) is 4.60. The van der Waals surface area contributed by atoms with Gasteiger partial charge in [0.15, 0.2) is 0 Å². The van der Waals surface area contributed by atoms with E-state index in [1.54, 1.807) is 35.0 Å². The largest absolute Gasteiger partial charge is 0.480 e. The maximum atomic E-state index is 15.2. The molecular formula is C25H18F2N4OS. The zero-order valence-corrected chi connectivity index (χ0v) is 18.3. The van der Waals surface area contributed by atoms with E-state index in [9.17, 15) is 4.39 Å². The van der Waals surface area contributed by atoms with E-state index in [4.69, 9.17) is 4.74 Å². The Labute approximate surface area is 193 Å². The number of halogens is 2. The van der Waals surface area contributed by atoms with Crippen LogP contribution in [0, 0.1) is 11.6 Å². The SMILES string of the molecule is CSc1nc2n(n1)[C@H](c1ccccc1F)C1=C(N2)c2ccccc2O[C@@H]1c1ccc(F)cc1. The lowest BCUT2D eigenvalue weighted by atomic mass is 9.84. The van der Waals surface area contributed by atoms with Gasteiger partial charge in [-0.3, -0.25) is 0 Å². The number of nitrogens with zero attached hydrogens (tertiary/aromatic N) is 3. The molecule has 0 spiro atoms. The summed E-state index contributed by atoms with van der Waals surface area (Å²) in [5.74, 6) is 0.532. The van der Waals surface area contributed by atoms with Crippen molar-refractivity contribution in [3.05, 3.63) is 107 Å². The molecule has 1 aromatic heterocycles. The first-order valence-corrected chi connectivity index (χ1v) is 11.6. The Morgan fingerprint density at radius 1 is 0.970 bits per heavy atom. The van der Waals surface area contributed by atoms with E-state index in [0.717, 1.165) is 22.4 Å². The quantitative estimate of drug-likeness (QED) is 0.390. The van der Waals surface area contributed by atoms with Crippen LogP contribution in [-0.4, -0.2) is 21.0 Å². The van der Waals surface area contributed by atoms with E-state index in [1.165, 1.54) is 30.0 Å². The molecule has 2 aliphatic heterocycles. The van der Waals surface area contributed by atoms with Crippen LogP contribution in [0.15, 0.2) is 83.5 Å². The van der Waals surface area contributed by atoms with Gasteiger partial charge in [0.1, 0.15) is 29.5 Å². The van der Waals surface area contributed by atoms with Gasteiger partial charge < -0.3 is 10.1 Å². The van der Waals surface area contributed by atoms with Gasteiger partial charge in [-0.05, 0) is 42.2 Å². The topological polar surface area (TPSA) is 52.0 Å². The van der Waals surface area contributed by atoms with Crippen molar-refractivity contribution in [2.75, 3.05) is 11.6 Å². The molecule has 0 bridgehead atoms. The third-order valence-electron chi connectivity index (χ3n) is 5.92. The first-order valence-electron chi connectivity index (χ1n) is 10.4. The zero-order chi connectivity index (χ0) is 22.5. The summed E-state index contributed by atoms with van der Waals surface area (Å²) < 4.78 is 37.1. The molecule has 3 aromatic carbocycles. The van der Waals surface area contributed by atoms with Crippen molar-refractivity contribution >= 4 is 23.4 Å². The second kappa shape index (κ2) is 7.74. The minimum atomic E-state index is -0.603. The molecule has 0 fully saturated rings. The summed E-state index contributed by atoms with van der Waals surface area (Å²) in [6.45, 7) is 0. The highest BCUT2D eigenvalue weighted by molar-refractivity contribution is 7.98. The molecule has 0 saturated heterocycles. The molecule has 5 nitrogen and oxygen atoms in total. The Balaban J connectivity index is 1.65. The van der Waals surface area contributed by atoms with E-state index in [1.807, 2.05) is 30.5 Å². The summed E-state index contributed by atoms with van der Waals surface area (Å²) >= 11 is 1.41. The fourth-order valence-corrected chi connectivity index (χ4v) is 4.80. The molecule has 0 amide bonds. The molecule has 2 aliphatic rings. The first kappa shape index (κ1) is 20.0. The monoisotopic (exact) mass is 460 g/mol. The summed E-state index contributed by atoms with van der Waals surface area (Å²) in [5, 5.41) is 8.64. The number of benzene rings is 3. The van der Waals surface area contributed by atoms with Crippen LogP contribution in [-0.2, 0) is 0 Å². The van der Waals surface area contributed by atoms with Gasteiger partial charge in [0.25, 0.3) is 0 Å². The van der Waals surface area contributed by atoms with Crippen LogP contribution in [0.2, 0.25) is 0 Å². The first-order chi connectivity index (χ1) is 16.1. The highest BCUT2D eigenvalue weighted by Gasteiger charge is 2.42. The van der Waals surface area contributed by atoms with Gasteiger partial charge in [-0.1, -0.05) is 54.2 Å². The molecule has 0 aliphatic carbocycles. The molecular weight excluding hydrogens is 442 g/mol. The van der Waals surface area contributed by atoms with Crippen molar-refractivity contribution in [2.24, 2.45) is 0 Å². The van der Waals surface area contributed by atoms with Crippen molar-refractivity contribution < 1.29 is 13.5 Å².